The fraction of sp³-hybridized carbons (Fsp3) is 0.0556. The van der Waals surface area contributed by atoms with Gasteiger partial charge in [-0.1, -0.05) is 12.1 Å². The Kier molecular flexibility index (Phi) is 4.59. The van der Waals surface area contributed by atoms with Gasteiger partial charge in [-0.2, -0.15) is 4.99 Å². The van der Waals surface area contributed by atoms with E-state index in [9.17, 15) is 18.7 Å². The zero-order chi connectivity index (χ0) is 18.8. The Morgan fingerprint density at radius 3 is 2.42 bits per heavy atom. The molecule has 2 aromatic carbocycles. The molecule has 0 aliphatic carbocycles. The smallest absolute Gasteiger partial charge is 0.280 e. The van der Waals surface area contributed by atoms with Crippen LogP contribution in [0, 0.1) is 11.6 Å². The molecule has 1 aromatic heterocycles. The van der Waals surface area contributed by atoms with E-state index in [1.807, 2.05) is 0 Å². The van der Waals surface area contributed by atoms with E-state index in [0.29, 0.717) is 10.9 Å². The number of guanidine groups is 1. The van der Waals surface area contributed by atoms with Crippen LogP contribution in [0.4, 0.5) is 8.78 Å². The first-order valence-corrected chi connectivity index (χ1v) is 7.53. The van der Waals surface area contributed by atoms with Crippen molar-refractivity contribution in [3.8, 4) is 11.3 Å². The maximum atomic E-state index is 14.2. The quantitative estimate of drug-likeness (QED) is 0.491. The number of aliphatic hydroxyl groups excluding tert-OH is 1. The number of carbonyl (C=O) groups is 1. The Balaban J connectivity index is 2.33. The Bertz CT molecular complexity index is 1030. The first-order chi connectivity index (χ1) is 12.4. The van der Waals surface area contributed by atoms with E-state index in [0.717, 1.165) is 12.1 Å². The number of fused-ring (bicyclic) bond motifs is 1. The molecule has 132 valence electrons. The molecule has 1 heterocycles. The van der Waals surface area contributed by atoms with E-state index in [1.165, 1.54) is 24.4 Å². The van der Waals surface area contributed by atoms with Crippen LogP contribution in [0.25, 0.3) is 22.0 Å². The lowest BCUT2D eigenvalue weighted by Crippen LogP contribution is -2.24. The highest BCUT2D eigenvalue weighted by Gasteiger charge is 2.18. The molecule has 0 unspecified atom stereocenters. The number of aromatic nitrogens is 1. The van der Waals surface area contributed by atoms with Gasteiger partial charge in [0.2, 0.25) is 0 Å². The van der Waals surface area contributed by atoms with E-state index in [4.69, 9.17) is 11.5 Å². The fourth-order valence-electron chi connectivity index (χ4n) is 2.67. The van der Waals surface area contributed by atoms with Crippen LogP contribution in [0.2, 0.25) is 0 Å². The molecule has 0 saturated heterocycles. The van der Waals surface area contributed by atoms with Crippen LogP contribution in [-0.2, 0) is 6.61 Å². The summed E-state index contributed by atoms with van der Waals surface area (Å²) in [6, 6.07) is 7.85. The van der Waals surface area contributed by atoms with Gasteiger partial charge in [-0.05, 0) is 29.7 Å². The largest absolute Gasteiger partial charge is 0.392 e. The predicted molar refractivity (Wildman–Crippen MR) is 93.2 cm³/mol. The van der Waals surface area contributed by atoms with Crippen molar-refractivity contribution >= 4 is 22.6 Å². The number of halogens is 2. The van der Waals surface area contributed by atoms with Crippen molar-refractivity contribution < 1.29 is 18.7 Å². The second kappa shape index (κ2) is 6.85. The van der Waals surface area contributed by atoms with Crippen LogP contribution in [0.1, 0.15) is 15.9 Å². The van der Waals surface area contributed by atoms with Gasteiger partial charge in [0.1, 0.15) is 11.6 Å². The number of rotatable bonds is 3. The molecule has 1 amide bonds. The fourth-order valence-corrected chi connectivity index (χ4v) is 2.67. The van der Waals surface area contributed by atoms with Gasteiger partial charge >= 0.3 is 0 Å². The average molecular weight is 356 g/mol. The molecular formula is C18H14F2N4O2. The van der Waals surface area contributed by atoms with Crippen LogP contribution in [0.15, 0.2) is 47.6 Å². The lowest BCUT2D eigenvalue weighted by Gasteiger charge is -2.12. The van der Waals surface area contributed by atoms with E-state index < -0.39 is 23.5 Å². The molecule has 6 nitrogen and oxygen atoms in total. The van der Waals surface area contributed by atoms with Crippen LogP contribution >= 0.6 is 0 Å². The Labute approximate surface area is 146 Å². The maximum absolute atomic E-state index is 14.2. The van der Waals surface area contributed by atoms with Crippen LogP contribution in [0.3, 0.4) is 0 Å². The van der Waals surface area contributed by atoms with Crippen molar-refractivity contribution in [2.75, 3.05) is 0 Å². The number of aliphatic hydroxyl groups is 1. The lowest BCUT2D eigenvalue weighted by molar-refractivity contribution is 0.100. The first-order valence-electron chi connectivity index (χ1n) is 7.53. The van der Waals surface area contributed by atoms with Crippen molar-refractivity contribution in [1.29, 1.82) is 0 Å². The summed E-state index contributed by atoms with van der Waals surface area (Å²) in [5.74, 6) is -2.70. The topological polar surface area (TPSA) is 115 Å². The standard InChI is InChI=1S/C18H14F2N4O2/c19-13-2-1-3-14(20)15(13)16-12-6-9(17(26)24-18(21)22)4-5-11(12)10(8-25)7-23-16/h1-7,25H,8H2,(H4,21,22,24,26). The molecule has 0 atom stereocenters. The molecule has 3 rings (SSSR count). The molecule has 0 bridgehead atoms. The zero-order valence-corrected chi connectivity index (χ0v) is 13.4. The number of aliphatic imine (C=N–C) groups is 1. The van der Waals surface area contributed by atoms with Gasteiger partial charge in [0.05, 0.1) is 17.9 Å². The molecule has 3 aromatic rings. The summed E-state index contributed by atoms with van der Waals surface area (Å²) in [4.78, 5) is 19.6. The van der Waals surface area contributed by atoms with Gasteiger partial charge in [-0.15, -0.1) is 0 Å². The van der Waals surface area contributed by atoms with Crippen molar-refractivity contribution in [2.45, 2.75) is 6.61 Å². The summed E-state index contributed by atoms with van der Waals surface area (Å²) in [5.41, 5.74) is 10.7. The van der Waals surface area contributed by atoms with Crippen molar-refractivity contribution in [3.05, 3.63) is 65.4 Å². The van der Waals surface area contributed by atoms with E-state index in [-0.39, 0.29) is 28.8 Å². The molecule has 0 spiro atoms. The number of nitrogens with two attached hydrogens (primary N) is 2. The SMILES string of the molecule is NC(N)=NC(=O)c1ccc2c(CO)cnc(-c3c(F)cccc3F)c2c1. The minimum atomic E-state index is -0.795. The molecule has 0 aliphatic heterocycles. The predicted octanol–water partition coefficient (Wildman–Crippen LogP) is 2.09. The van der Waals surface area contributed by atoms with Gasteiger partial charge in [-0.3, -0.25) is 9.78 Å². The summed E-state index contributed by atoms with van der Waals surface area (Å²) < 4.78 is 28.5. The number of amides is 1. The second-order valence-electron chi connectivity index (χ2n) is 5.49. The van der Waals surface area contributed by atoms with Gasteiger partial charge in [0.25, 0.3) is 5.91 Å². The molecule has 0 saturated carbocycles. The molecular weight excluding hydrogens is 342 g/mol. The highest BCUT2D eigenvalue weighted by Crippen LogP contribution is 2.33. The first kappa shape index (κ1) is 17.4. The molecule has 0 aliphatic rings. The van der Waals surface area contributed by atoms with Gasteiger partial charge in [0, 0.05) is 22.7 Å². The number of hydrogen-bond donors (Lipinski definition) is 3. The number of benzene rings is 2. The summed E-state index contributed by atoms with van der Waals surface area (Å²) in [6.45, 7) is -0.329. The Hall–Kier alpha value is -3.39. The highest BCUT2D eigenvalue weighted by atomic mass is 19.1. The average Bonchev–Trinajstić information content (AvgIpc) is 2.60. The van der Waals surface area contributed by atoms with Gasteiger partial charge in [-0.25, -0.2) is 8.78 Å². The third-order valence-electron chi connectivity index (χ3n) is 3.82. The third kappa shape index (κ3) is 3.09. The van der Waals surface area contributed by atoms with Crippen molar-refractivity contribution in [3.63, 3.8) is 0 Å². The molecule has 0 fully saturated rings. The normalized spacial score (nSPS) is 10.7. The van der Waals surface area contributed by atoms with Crippen LogP contribution < -0.4 is 11.5 Å². The highest BCUT2D eigenvalue weighted by molar-refractivity contribution is 6.06. The number of nitrogens with zero attached hydrogens (tertiary/aromatic N) is 2. The van der Waals surface area contributed by atoms with E-state index in [1.54, 1.807) is 6.07 Å². The summed E-state index contributed by atoms with van der Waals surface area (Å²) in [7, 11) is 0. The second-order valence-corrected chi connectivity index (χ2v) is 5.49. The molecule has 0 radical (unpaired) electrons. The molecule has 8 heteroatoms. The monoisotopic (exact) mass is 356 g/mol. The Morgan fingerprint density at radius 1 is 1.12 bits per heavy atom. The van der Waals surface area contributed by atoms with Gasteiger partial charge in [0.15, 0.2) is 5.96 Å². The minimum absolute atomic E-state index is 0.00662. The minimum Gasteiger partial charge on any atom is -0.392 e. The Morgan fingerprint density at radius 2 is 1.81 bits per heavy atom. The van der Waals surface area contributed by atoms with E-state index >= 15 is 0 Å². The summed E-state index contributed by atoms with van der Waals surface area (Å²) >= 11 is 0. The van der Waals surface area contributed by atoms with E-state index in [2.05, 4.69) is 9.98 Å². The lowest BCUT2D eigenvalue weighted by atomic mass is 9.98. The third-order valence-corrected chi connectivity index (χ3v) is 3.82. The van der Waals surface area contributed by atoms with Crippen molar-refractivity contribution in [1.82, 2.24) is 4.98 Å². The summed E-state index contributed by atoms with van der Waals surface area (Å²) in [5, 5.41) is 10.3. The number of hydrogen-bond acceptors (Lipinski definition) is 3. The number of pyridine rings is 1. The number of carbonyl (C=O) groups excluding carboxylic acids is 1. The molecule has 5 N–H and O–H groups in total. The maximum Gasteiger partial charge on any atom is 0.280 e. The van der Waals surface area contributed by atoms with Gasteiger partial charge < -0.3 is 16.6 Å². The van der Waals surface area contributed by atoms with Crippen molar-refractivity contribution in [2.24, 2.45) is 16.5 Å². The van der Waals surface area contributed by atoms with Crippen LogP contribution in [0.5, 0.6) is 0 Å². The molecule has 26 heavy (non-hydrogen) atoms. The zero-order valence-electron chi connectivity index (χ0n) is 13.4. The van der Waals surface area contributed by atoms with Crippen LogP contribution in [-0.4, -0.2) is 22.0 Å². The summed E-state index contributed by atoms with van der Waals surface area (Å²) in [6.07, 6.45) is 1.33.